The van der Waals surface area contributed by atoms with Gasteiger partial charge in [-0.3, -0.25) is 4.79 Å². The Morgan fingerprint density at radius 3 is 2.52 bits per heavy atom. The van der Waals surface area contributed by atoms with E-state index in [0.717, 1.165) is 11.1 Å². The van der Waals surface area contributed by atoms with Crippen molar-refractivity contribution in [3.8, 4) is 0 Å². The quantitative estimate of drug-likeness (QED) is 0.727. The van der Waals surface area contributed by atoms with Gasteiger partial charge in [-0.15, -0.1) is 0 Å². The predicted molar refractivity (Wildman–Crippen MR) is 84.8 cm³/mol. The first-order valence-corrected chi connectivity index (χ1v) is 7.39. The van der Waals surface area contributed by atoms with Crippen molar-refractivity contribution < 1.29 is 20.1 Å². The molecule has 3 N–H and O–H groups in total. The van der Waals surface area contributed by atoms with Gasteiger partial charge in [-0.25, -0.2) is 9.78 Å². The van der Waals surface area contributed by atoms with Crippen molar-refractivity contribution in [2.45, 2.75) is 39.3 Å². The number of carboxylic acids is 1. The van der Waals surface area contributed by atoms with Crippen LogP contribution in [0.15, 0.2) is 16.9 Å². The van der Waals surface area contributed by atoms with Gasteiger partial charge in [0.15, 0.2) is 0 Å². The Balaban J connectivity index is 2.58. The first-order valence-electron chi connectivity index (χ1n) is 7.39. The second-order valence-electron chi connectivity index (χ2n) is 5.60. The van der Waals surface area contributed by atoms with Crippen molar-refractivity contribution in [3.05, 3.63) is 39.3 Å². The van der Waals surface area contributed by atoms with E-state index in [1.54, 1.807) is 12.1 Å². The van der Waals surface area contributed by atoms with Crippen LogP contribution in [-0.2, 0) is 6.54 Å². The van der Waals surface area contributed by atoms with E-state index in [1.807, 2.05) is 13.8 Å². The van der Waals surface area contributed by atoms with Crippen molar-refractivity contribution >= 4 is 17.0 Å². The van der Waals surface area contributed by atoms with Gasteiger partial charge in [-0.2, -0.15) is 0 Å². The third kappa shape index (κ3) is 3.57. The fourth-order valence-corrected chi connectivity index (χ4v) is 2.43. The van der Waals surface area contributed by atoms with Gasteiger partial charge >= 0.3 is 5.97 Å². The highest BCUT2D eigenvalue weighted by Crippen LogP contribution is 2.17. The molecule has 0 bridgehead atoms. The lowest BCUT2D eigenvalue weighted by molar-refractivity contribution is 0.0688. The molecule has 0 fully saturated rings. The molecule has 7 heteroatoms. The molecule has 0 radical (unpaired) electrons. The summed E-state index contributed by atoms with van der Waals surface area (Å²) in [5.74, 6) is -1.38. The summed E-state index contributed by atoms with van der Waals surface area (Å²) in [6, 6.07) is 3.54. The van der Waals surface area contributed by atoms with E-state index < -0.39 is 23.3 Å². The summed E-state index contributed by atoms with van der Waals surface area (Å²) in [6.07, 6.45) is -0.303. The Kier molecular flexibility index (Phi) is 5.12. The second kappa shape index (κ2) is 6.89. The summed E-state index contributed by atoms with van der Waals surface area (Å²) in [7, 11) is 0. The maximum atomic E-state index is 12.4. The molecule has 0 amide bonds. The topological polar surface area (TPSA) is 113 Å². The molecule has 23 heavy (non-hydrogen) atoms. The van der Waals surface area contributed by atoms with Crippen molar-refractivity contribution in [1.82, 2.24) is 9.55 Å². The summed E-state index contributed by atoms with van der Waals surface area (Å²) in [4.78, 5) is 27.6. The number of benzene rings is 1. The number of carbonyl (C=O) groups is 1. The summed E-state index contributed by atoms with van der Waals surface area (Å²) in [5.41, 5.74) is 1.67. The minimum atomic E-state index is -1.38. The molecule has 1 atom stereocenters. The Bertz CT molecular complexity index is 797. The van der Waals surface area contributed by atoms with E-state index in [-0.39, 0.29) is 26.0 Å². The van der Waals surface area contributed by atoms with Gasteiger partial charge in [0, 0.05) is 13.2 Å². The lowest BCUT2D eigenvalue weighted by Crippen LogP contribution is -2.30. The molecule has 1 heterocycles. The van der Waals surface area contributed by atoms with Crippen LogP contribution in [0.25, 0.3) is 11.0 Å². The van der Waals surface area contributed by atoms with Crippen LogP contribution in [0.4, 0.5) is 0 Å². The molecular formula is C16H20N2O5. The summed E-state index contributed by atoms with van der Waals surface area (Å²) < 4.78 is 1.33. The van der Waals surface area contributed by atoms with E-state index in [0.29, 0.717) is 11.0 Å². The molecule has 1 aromatic heterocycles. The molecule has 0 aliphatic rings. The zero-order chi connectivity index (χ0) is 17.1. The average molecular weight is 320 g/mol. The van der Waals surface area contributed by atoms with Gasteiger partial charge in [-0.1, -0.05) is 0 Å². The number of aromatic nitrogens is 2. The standard InChI is InChI=1S/C16H20N2O5/c1-9-7-12-13(8-10(9)2)18(5-3-11(20)4-6-19)15(21)14(17-12)16(22)23/h7-8,11,19-20H,3-6H2,1-2H3,(H,22,23). The van der Waals surface area contributed by atoms with Crippen LogP contribution in [-0.4, -0.2) is 43.6 Å². The number of nitrogens with zero attached hydrogens (tertiary/aromatic N) is 2. The van der Waals surface area contributed by atoms with Crippen LogP contribution in [0, 0.1) is 13.8 Å². The minimum absolute atomic E-state index is 0.147. The molecule has 2 aromatic rings. The zero-order valence-electron chi connectivity index (χ0n) is 13.1. The third-order valence-electron chi connectivity index (χ3n) is 3.91. The highest BCUT2D eigenvalue weighted by molar-refractivity contribution is 5.88. The predicted octanol–water partition coefficient (Wildman–Crippen LogP) is 0.845. The maximum absolute atomic E-state index is 12.4. The molecule has 0 aliphatic heterocycles. The molecule has 0 saturated carbocycles. The maximum Gasteiger partial charge on any atom is 0.360 e. The number of rotatable bonds is 6. The van der Waals surface area contributed by atoms with Crippen molar-refractivity contribution in [2.24, 2.45) is 0 Å². The normalized spacial score (nSPS) is 12.5. The number of fused-ring (bicyclic) bond motifs is 1. The number of hydrogen-bond acceptors (Lipinski definition) is 5. The smallest absolute Gasteiger partial charge is 0.360 e. The molecule has 7 nitrogen and oxygen atoms in total. The molecule has 124 valence electrons. The monoisotopic (exact) mass is 320 g/mol. The third-order valence-corrected chi connectivity index (χ3v) is 3.91. The van der Waals surface area contributed by atoms with Crippen molar-refractivity contribution in [3.63, 3.8) is 0 Å². The van der Waals surface area contributed by atoms with Crippen LogP contribution in [0.3, 0.4) is 0 Å². The van der Waals surface area contributed by atoms with Gasteiger partial charge < -0.3 is 19.9 Å². The average Bonchev–Trinajstić information content (AvgIpc) is 2.48. The Morgan fingerprint density at radius 2 is 1.91 bits per heavy atom. The number of aromatic carboxylic acids is 1. The van der Waals surface area contributed by atoms with Crippen LogP contribution in [0.2, 0.25) is 0 Å². The summed E-state index contributed by atoms with van der Waals surface area (Å²) in [5, 5.41) is 27.7. The molecule has 1 aromatic carbocycles. The van der Waals surface area contributed by atoms with Crippen LogP contribution < -0.4 is 5.56 Å². The Hall–Kier alpha value is -2.25. The van der Waals surface area contributed by atoms with Crippen LogP contribution in [0.5, 0.6) is 0 Å². The second-order valence-corrected chi connectivity index (χ2v) is 5.60. The van der Waals surface area contributed by atoms with Gasteiger partial charge in [0.25, 0.3) is 5.56 Å². The van der Waals surface area contributed by atoms with E-state index in [9.17, 15) is 19.8 Å². The van der Waals surface area contributed by atoms with Crippen LogP contribution >= 0.6 is 0 Å². The largest absolute Gasteiger partial charge is 0.476 e. The van der Waals surface area contributed by atoms with Crippen molar-refractivity contribution in [1.29, 1.82) is 0 Å². The first kappa shape index (κ1) is 17.1. The van der Waals surface area contributed by atoms with E-state index >= 15 is 0 Å². The van der Waals surface area contributed by atoms with Gasteiger partial charge in [0.05, 0.1) is 17.1 Å². The SMILES string of the molecule is Cc1cc2nc(C(=O)O)c(=O)n(CCC(O)CCO)c2cc1C. The summed E-state index contributed by atoms with van der Waals surface area (Å²) in [6.45, 7) is 3.79. The molecule has 1 unspecified atom stereocenters. The van der Waals surface area contributed by atoms with Crippen molar-refractivity contribution in [2.75, 3.05) is 6.61 Å². The Labute approximate surface area is 132 Å². The van der Waals surface area contributed by atoms with Gasteiger partial charge in [0.1, 0.15) is 0 Å². The fraction of sp³-hybridized carbons (Fsp3) is 0.438. The van der Waals surface area contributed by atoms with Crippen LogP contribution in [0.1, 0.15) is 34.5 Å². The van der Waals surface area contributed by atoms with E-state index in [4.69, 9.17) is 5.11 Å². The zero-order valence-corrected chi connectivity index (χ0v) is 13.1. The number of hydrogen-bond donors (Lipinski definition) is 3. The molecule has 2 rings (SSSR count). The molecule has 0 saturated heterocycles. The van der Waals surface area contributed by atoms with Gasteiger partial charge in [0.2, 0.25) is 5.69 Å². The van der Waals surface area contributed by atoms with Gasteiger partial charge in [-0.05, 0) is 49.9 Å². The Morgan fingerprint density at radius 1 is 1.26 bits per heavy atom. The minimum Gasteiger partial charge on any atom is -0.476 e. The molecule has 0 spiro atoms. The number of carboxylic acid groups (broad SMARTS) is 1. The lowest BCUT2D eigenvalue weighted by atomic mass is 10.1. The van der Waals surface area contributed by atoms with E-state index in [2.05, 4.69) is 4.98 Å². The number of aryl methyl sites for hydroxylation is 3. The number of aliphatic hydroxyl groups excluding tert-OH is 2. The summed E-state index contributed by atoms with van der Waals surface area (Å²) >= 11 is 0. The lowest BCUT2D eigenvalue weighted by Gasteiger charge is -2.15. The molecule has 0 aliphatic carbocycles. The fourth-order valence-electron chi connectivity index (χ4n) is 2.43. The highest BCUT2D eigenvalue weighted by Gasteiger charge is 2.18. The first-order chi connectivity index (χ1) is 10.8. The molecular weight excluding hydrogens is 300 g/mol. The van der Waals surface area contributed by atoms with E-state index in [1.165, 1.54) is 4.57 Å². The number of aliphatic hydroxyl groups is 2. The highest BCUT2D eigenvalue weighted by atomic mass is 16.4.